The number of amides is 3. The quantitative estimate of drug-likeness (QED) is 0.378. The van der Waals surface area contributed by atoms with Crippen molar-refractivity contribution in [2.45, 2.75) is 24.9 Å². The van der Waals surface area contributed by atoms with Gasteiger partial charge in [-0.05, 0) is 55.3 Å². The Morgan fingerprint density at radius 2 is 1.76 bits per heavy atom. The number of aromatic amines is 1. The number of aryl methyl sites for hydroxylation is 1. The molecule has 3 aliphatic heterocycles. The summed E-state index contributed by atoms with van der Waals surface area (Å²) in [6.45, 7) is 1.93. The van der Waals surface area contributed by atoms with Crippen LogP contribution in [-0.2, 0) is 26.3 Å². The lowest BCUT2D eigenvalue weighted by molar-refractivity contribution is -0.130. The van der Waals surface area contributed by atoms with Crippen LogP contribution in [0.1, 0.15) is 16.7 Å². The van der Waals surface area contributed by atoms with Crippen molar-refractivity contribution < 1.29 is 18.8 Å². The Balaban J connectivity index is 1.38. The highest BCUT2D eigenvalue weighted by Gasteiger charge is 2.70. The molecule has 184 valence electrons. The third-order valence-electron chi connectivity index (χ3n) is 8.07. The first-order valence-electron chi connectivity index (χ1n) is 12.3. The molecule has 0 unspecified atom stereocenters. The van der Waals surface area contributed by atoms with E-state index >= 15 is 0 Å². The summed E-state index contributed by atoms with van der Waals surface area (Å²) >= 11 is 0. The first-order chi connectivity index (χ1) is 17.9. The summed E-state index contributed by atoms with van der Waals surface area (Å²) in [6.07, 6.45) is 2.36. The van der Waals surface area contributed by atoms with Gasteiger partial charge in [0.05, 0.1) is 17.5 Å². The van der Waals surface area contributed by atoms with E-state index in [1.54, 1.807) is 0 Å². The van der Waals surface area contributed by atoms with Gasteiger partial charge in [0.15, 0.2) is 0 Å². The van der Waals surface area contributed by atoms with E-state index in [0.717, 1.165) is 26.9 Å². The molecule has 1 spiro atoms. The summed E-state index contributed by atoms with van der Waals surface area (Å²) < 4.78 is 13.6. The van der Waals surface area contributed by atoms with Crippen molar-refractivity contribution in [2.24, 2.45) is 11.8 Å². The maximum Gasteiger partial charge on any atom is 0.250 e. The lowest BCUT2D eigenvalue weighted by Gasteiger charge is -2.29. The number of carbonyl (C=O) groups excluding carboxylic acids is 3. The number of hydrogen-bond acceptors (Lipinski definition) is 4. The maximum atomic E-state index is 14.0. The lowest BCUT2D eigenvalue weighted by Crippen LogP contribution is -2.53. The molecular weight excluding hydrogens is 471 g/mol. The number of benzene rings is 3. The average Bonchev–Trinajstić information content (AvgIpc) is 3.59. The number of para-hydroxylation sites is 1. The smallest absolute Gasteiger partial charge is 0.250 e. The lowest BCUT2D eigenvalue weighted by atomic mass is 9.76. The molecule has 0 aliphatic carbocycles. The maximum absolute atomic E-state index is 14.0. The molecule has 3 N–H and O–H groups in total. The first kappa shape index (κ1) is 21.9. The number of nitrogens with zero attached hydrogens (tertiary/aromatic N) is 1. The molecule has 3 amide bonds. The first-order valence-corrected chi connectivity index (χ1v) is 12.3. The summed E-state index contributed by atoms with van der Waals surface area (Å²) in [7, 11) is 0. The van der Waals surface area contributed by atoms with Crippen molar-refractivity contribution in [3.63, 3.8) is 0 Å². The fourth-order valence-electron chi connectivity index (χ4n) is 6.47. The van der Waals surface area contributed by atoms with E-state index in [4.69, 9.17) is 0 Å². The van der Waals surface area contributed by atoms with Gasteiger partial charge in [-0.25, -0.2) is 9.29 Å². The van der Waals surface area contributed by atoms with E-state index in [1.165, 1.54) is 24.3 Å². The van der Waals surface area contributed by atoms with Gasteiger partial charge in [-0.1, -0.05) is 35.9 Å². The number of imide groups is 1. The molecule has 2 saturated heterocycles. The Hall–Kier alpha value is -4.30. The fourth-order valence-corrected chi connectivity index (χ4v) is 6.47. The van der Waals surface area contributed by atoms with Gasteiger partial charge in [0.2, 0.25) is 17.7 Å². The van der Waals surface area contributed by atoms with Crippen LogP contribution in [0.15, 0.2) is 72.9 Å². The topological polar surface area (TPSA) is 94.3 Å². The molecule has 7 nitrogen and oxygen atoms in total. The zero-order chi connectivity index (χ0) is 25.5. The Bertz CT molecular complexity index is 1630. The van der Waals surface area contributed by atoms with Crippen LogP contribution >= 0.6 is 0 Å². The van der Waals surface area contributed by atoms with Crippen molar-refractivity contribution >= 4 is 40.0 Å². The van der Waals surface area contributed by atoms with Crippen molar-refractivity contribution in [1.82, 2.24) is 10.3 Å². The van der Waals surface area contributed by atoms with E-state index < -0.39 is 35.1 Å². The molecule has 4 heterocycles. The van der Waals surface area contributed by atoms with Gasteiger partial charge in [0.1, 0.15) is 11.4 Å². The van der Waals surface area contributed by atoms with Crippen molar-refractivity contribution in [1.29, 1.82) is 0 Å². The predicted molar refractivity (Wildman–Crippen MR) is 136 cm³/mol. The number of halogens is 1. The molecule has 0 radical (unpaired) electrons. The van der Waals surface area contributed by atoms with Crippen LogP contribution < -0.4 is 15.5 Å². The Morgan fingerprint density at radius 3 is 2.57 bits per heavy atom. The van der Waals surface area contributed by atoms with Crippen LogP contribution in [0, 0.1) is 24.6 Å². The molecule has 37 heavy (non-hydrogen) atoms. The van der Waals surface area contributed by atoms with E-state index in [1.807, 2.05) is 55.6 Å². The summed E-state index contributed by atoms with van der Waals surface area (Å²) in [6, 6.07) is 18.4. The molecule has 4 atom stereocenters. The summed E-state index contributed by atoms with van der Waals surface area (Å²) in [4.78, 5) is 46.1. The van der Waals surface area contributed by atoms with Gasteiger partial charge in [0, 0.05) is 34.4 Å². The highest BCUT2D eigenvalue weighted by molar-refractivity contribution is 6.25. The number of hydrogen-bond donors (Lipinski definition) is 3. The molecule has 8 heteroatoms. The predicted octanol–water partition coefficient (Wildman–Crippen LogP) is 3.78. The molecular formula is C29H23FN4O3. The highest BCUT2D eigenvalue weighted by atomic mass is 19.1. The van der Waals surface area contributed by atoms with Crippen LogP contribution in [0.5, 0.6) is 0 Å². The third-order valence-corrected chi connectivity index (χ3v) is 8.07. The van der Waals surface area contributed by atoms with Crippen LogP contribution in [0.3, 0.4) is 0 Å². The molecule has 2 fully saturated rings. The minimum absolute atomic E-state index is 0.301. The number of carbonyl (C=O) groups is 3. The number of nitrogens with one attached hydrogen (secondary N) is 3. The van der Waals surface area contributed by atoms with Crippen LogP contribution in [0.4, 0.5) is 15.8 Å². The van der Waals surface area contributed by atoms with Crippen LogP contribution in [0.2, 0.25) is 0 Å². The second-order valence-electron chi connectivity index (χ2n) is 10.1. The van der Waals surface area contributed by atoms with Crippen molar-refractivity contribution in [3.05, 3.63) is 95.4 Å². The number of H-pyrrole nitrogens is 1. The van der Waals surface area contributed by atoms with Crippen LogP contribution in [-0.4, -0.2) is 28.7 Å². The molecule has 3 aromatic carbocycles. The Labute approximate surface area is 211 Å². The number of aromatic nitrogens is 1. The van der Waals surface area contributed by atoms with E-state index in [-0.39, 0.29) is 11.8 Å². The summed E-state index contributed by atoms with van der Waals surface area (Å²) in [5.74, 6) is -3.36. The zero-order valence-corrected chi connectivity index (χ0v) is 19.9. The largest absolute Gasteiger partial charge is 0.361 e. The van der Waals surface area contributed by atoms with E-state index in [0.29, 0.717) is 23.4 Å². The SMILES string of the molecule is Cc1ccc2c(c1)[C@@]1(N[C@H](Cc3c[nH]c4ccccc34)[C@H]3C(=O)N(c4ccc(F)cc4)C(=O)[C@H]31)C(=O)N2. The minimum Gasteiger partial charge on any atom is -0.361 e. The van der Waals surface area contributed by atoms with Gasteiger partial charge in [-0.3, -0.25) is 19.7 Å². The van der Waals surface area contributed by atoms with E-state index in [9.17, 15) is 18.8 Å². The normalized spacial score (nSPS) is 26.3. The summed E-state index contributed by atoms with van der Waals surface area (Å²) in [5.41, 5.74) is 3.14. The second kappa shape index (κ2) is 7.60. The zero-order valence-electron chi connectivity index (χ0n) is 19.9. The highest BCUT2D eigenvalue weighted by Crippen LogP contribution is 2.54. The van der Waals surface area contributed by atoms with Crippen molar-refractivity contribution in [3.8, 4) is 0 Å². The van der Waals surface area contributed by atoms with Gasteiger partial charge in [-0.15, -0.1) is 0 Å². The van der Waals surface area contributed by atoms with Crippen LogP contribution in [0.25, 0.3) is 10.9 Å². The number of fused-ring (bicyclic) bond motifs is 5. The summed E-state index contributed by atoms with van der Waals surface area (Å²) in [5, 5.41) is 7.46. The fraction of sp³-hybridized carbons (Fsp3) is 0.207. The molecule has 7 rings (SSSR count). The van der Waals surface area contributed by atoms with Gasteiger partial charge >= 0.3 is 0 Å². The monoisotopic (exact) mass is 494 g/mol. The number of anilines is 2. The van der Waals surface area contributed by atoms with Gasteiger partial charge in [0.25, 0.3) is 0 Å². The molecule has 0 saturated carbocycles. The van der Waals surface area contributed by atoms with Crippen molar-refractivity contribution in [2.75, 3.05) is 10.2 Å². The Kier molecular flexibility index (Phi) is 4.51. The molecule has 1 aromatic heterocycles. The molecule has 4 aromatic rings. The van der Waals surface area contributed by atoms with E-state index in [2.05, 4.69) is 15.6 Å². The number of rotatable bonds is 3. The van der Waals surface area contributed by atoms with Gasteiger partial charge in [-0.2, -0.15) is 0 Å². The van der Waals surface area contributed by atoms with Gasteiger partial charge < -0.3 is 10.3 Å². The molecule has 0 bridgehead atoms. The average molecular weight is 495 g/mol. The Morgan fingerprint density at radius 1 is 0.973 bits per heavy atom. The third kappa shape index (κ3) is 2.93. The molecule has 3 aliphatic rings. The second-order valence-corrected chi connectivity index (χ2v) is 10.1. The standard InChI is InChI=1S/C29H23FN4O3/c1-15-6-11-22-20(12-15)29(28(37)32-22)25-24(26(35)34(27(25)36)18-9-7-17(30)8-10-18)23(33-29)13-16-14-31-21-5-3-2-4-19(16)21/h2-12,14,23-25,31,33H,13H2,1H3,(H,32,37)/t23-,24-,25+,29+/m1/s1. The minimum atomic E-state index is -1.38.